The third kappa shape index (κ3) is 4.52. The van der Waals surface area contributed by atoms with Gasteiger partial charge in [0.2, 0.25) is 5.88 Å². The van der Waals surface area contributed by atoms with Crippen molar-refractivity contribution in [3.63, 3.8) is 0 Å². The molecule has 1 aromatic heterocycles. The van der Waals surface area contributed by atoms with Crippen LogP contribution in [-0.2, 0) is 4.79 Å². The predicted molar refractivity (Wildman–Crippen MR) is 97.1 cm³/mol. The molecule has 0 aliphatic heterocycles. The average molecular weight is 356 g/mol. The van der Waals surface area contributed by atoms with Crippen molar-refractivity contribution in [1.29, 1.82) is 0 Å². The molecule has 3 rings (SSSR count). The van der Waals surface area contributed by atoms with Crippen molar-refractivity contribution < 1.29 is 19.4 Å². The molecule has 138 valence electrons. The highest BCUT2D eigenvalue weighted by Crippen LogP contribution is 2.38. The molecule has 1 heterocycles. The molecular weight excluding hydrogens is 332 g/mol. The number of nitrogens with zero attached hydrogens (tertiary/aromatic N) is 1. The van der Waals surface area contributed by atoms with Crippen LogP contribution in [-0.4, -0.2) is 35.8 Å². The van der Waals surface area contributed by atoms with Crippen LogP contribution in [0.15, 0.2) is 42.6 Å². The largest absolute Gasteiger partial charge is 0.484 e. The zero-order chi connectivity index (χ0) is 18.5. The van der Waals surface area contributed by atoms with Crippen LogP contribution in [0.3, 0.4) is 0 Å². The van der Waals surface area contributed by atoms with Gasteiger partial charge in [0, 0.05) is 12.3 Å². The number of aryl methyl sites for hydroxylation is 1. The van der Waals surface area contributed by atoms with Crippen LogP contribution >= 0.6 is 0 Å². The molecule has 1 amide bonds. The second-order valence-corrected chi connectivity index (χ2v) is 6.67. The van der Waals surface area contributed by atoms with Gasteiger partial charge in [-0.05, 0) is 43.4 Å². The second-order valence-electron chi connectivity index (χ2n) is 6.67. The van der Waals surface area contributed by atoms with E-state index < -0.39 is 0 Å². The molecule has 0 unspecified atom stereocenters. The number of pyridine rings is 1. The number of benzene rings is 1. The summed E-state index contributed by atoms with van der Waals surface area (Å²) >= 11 is 0. The molecule has 1 fully saturated rings. The number of carbonyl (C=O) groups is 1. The van der Waals surface area contributed by atoms with Gasteiger partial charge in [0.15, 0.2) is 6.61 Å². The zero-order valence-corrected chi connectivity index (χ0v) is 15.0. The van der Waals surface area contributed by atoms with Gasteiger partial charge in [-0.2, -0.15) is 0 Å². The Hall–Kier alpha value is -2.60. The topological polar surface area (TPSA) is 80.7 Å². The van der Waals surface area contributed by atoms with Crippen molar-refractivity contribution >= 4 is 5.91 Å². The summed E-state index contributed by atoms with van der Waals surface area (Å²) in [7, 11) is 1.56. The van der Waals surface area contributed by atoms with E-state index in [9.17, 15) is 9.90 Å². The molecule has 1 saturated carbocycles. The van der Waals surface area contributed by atoms with Gasteiger partial charge in [0.05, 0.1) is 19.3 Å². The highest BCUT2D eigenvalue weighted by atomic mass is 16.5. The van der Waals surface area contributed by atoms with E-state index in [-0.39, 0.29) is 30.6 Å². The maximum Gasteiger partial charge on any atom is 0.258 e. The summed E-state index contributed by atoms with van der Waals surface area (Å²) in [5.41, 5.74) is 2.03. The molecule has 1 aromatic carbocycles. The first-order valence-corrected chi connectivity index (χ1v) is 8.72. The molecule has 0 bridgehead atoms. The number of amides is 1. The fraction of sp³-hybridized carbons (Fsp3) is 0.400. The molecule has 2 aromatic rings. The number of aliphatic hydroxyl groups excluding tert-OH is 1. The molecule has 1 atom stereocenters. The summed E-state index contributed by atoms with van der Waals surface area (Å²) in [6.07, 6.45) is 2.73. The van der Waals surface area contributed by atoms with Crippen LogP contribution < -0.4 is 14.8 Å². The molecule has 1 aliphatic rings. The van der Waals surface area contributed by atoms with Crippen molar-refractivity contribution in [3.05, 3.63) is 53.7 Å². The summed E-state index contributed by atoms with van der Waals surface area (Å²) in [5, 5.41) is 12.7. The normalized spacial score (nSPS) is 20.0. The second kappa shape index (κ2) is 8.19. The quantitative estimate of drug-likeness (QED) is 0.796. The van der Waals surface area contributed by atoms with Gasteiger partial charge >= 0.3 is 0 Å². The standard InChI is InChI=1S/C20H24N2O4/c1-13-3-6-17(7-4-13)26-12-18(24)22-20(15-9-16(23)10-15)14-5-8-19(25-2)21-11-14/h3-8,11,15-16,20,23H,9-10,12H2,1-2H3,(H,22,24)/t15?,16?,20-/m0/s1. The molecule has 0 radical (unpaired) electrons. The molecule has 6 nitrogen and oxygen atoms in total. The van der Waals surface area contributed by atoms with Crippen LogP contribution in [0.1, 0.15) is 30.0 Å². The van der Waals surface area contributed by atoms with Gasteiger partial charge in [-0.3, -0.25) is 4.79 Å². The predicted octanol–water partition coefficient (Wildman–Crippen LogP) is 2.41. The summed E-state index contributed by atoms with van der Waals surface area (Å²) in [6.45, 7) is 1.94. The van der Waals surface area contributed by atoms with Crippen molar-refractivity contribution in [3.8, 4) is 11.6 Å². The van der Waals surface area contributed by atoms with Gasteiger partial charge in [0.25, 0.3) is 5.91 Å². The van der Waals surface area contributed by atoms with Crippen LogP contribution in [0.2, 0.25) is 0 Å². The Morgan fingerprint density at radius 1 is 1.27 bits per heavy atom. The summed E-state index contributed by atoms with van der Waals surface area (Å²) in [4.78, 5) is 16.6. The molecule has 6 heteroatoms. The third-order valence-corrected chi connectivity index (χ3v) is 4.66. The number of aliphatic hydroxyl groups is 1. The minimum atomic E-state index is -0.297. The number of aromatic nitrogens is 1. The lowest BCUT2D eigenvalue weighted by Crippen LogP contribution is -2.42. The summed E-state index contributed by atoms with van der Waals surface area (Å²) in [6, 6.07) is 11.0. The highest BCUT2D eigenvalue weighted by molar-refractivity contribution is 5.78. The number of ether oxygens (including phenoxy) is 2. The van der Waals surface area contributed by atoms with Gasteiger partial charge in [-0.1, -0.05) is 23.8 Å². The lowest BCUT2D eigenvalue weighted by Gasteiger charge is -2.38. The molecule has 0 spiro atoms. The van der Waals surface area contributed by atoms with E-state index in [1.165, 1.54) is 0 Å². The summed E-state index contributed by atoms with van der Waals surface area (Å²) < 4.78 is 10.6. The number of carbonyl (C=O) groups excluding carboxylic acids is 1. The van der Waals surface area contributed by atoms with E-state index in [0.29, 0.717) is 24.5 Å². The van der Waals surface area contributed by atoms with E-state index in [0.717, 1.165) is 11.1 Å². The molecule has 0 saturated heterocycles. The zero-order valence-electron chi connectivity index (χ0n) is 15.0. The van der Waals surface area contributed by atoms with Crippen molar-refractivity contribution in [1.82, 2.24) is 10.3 Å². The Labute approximate surface area is 153 Å². The Morgan fingerprint density at radius 2 is 2.00 bits per heavy atom. The van der Waals surface area contributed by atoms with Gasteiger partial charge < -0.3 is 19.9 Å². The highest BCUT2D eigenvalue weighted by Gasteiger charge is 2.35. The molecular formula is C20H24N2O4. The molecule has 26 heavy (non-hydrogen) atoms. The SMILES string of the molecule is COc1ccc([C@H](NC(=O)COc2ccc(C)cc2)C2CC(O)C2)cn1. The van der Waals surface area contributed by atoms with Crippen LogP contribution in [0, 0.1) is 12.8 Å². The first-order chi connectivity index (χ1) is 12.5. The van der Waals surface area contributed by atoms with Gasteiger partial charge in [-0.15, -0.1) is 0 Å². The molecule has 2 N–H and O–H groups in total. The fourth-order valence-corrected chi connectivity index (χ4v) is 3.07. The average Bonchev–Trinajstić information content (AvgIpc) is 2.63. The first-order valence-electron chi connectivity index (χ1n) is 8.72. The number of methoxy groups -OCH3 is 1. The van der Waals surface area contributed by atoms with E-state index in [4.69, 9.17) is 9.47 Å². The monoisotopic (exact) mass is 356 g/mol. The molecule has 1 aliphatic carbocycles. The maximum absolute atomic E-state index is 12.4. The first kappa shape index (κ1) is 18.2. The van der Waals surface area contributed by atoms with E-state index in [1.54, 1.807) is 19.4 Å². The Morgan fingerprint density at radius 3 is 2.58 bits per heavy atom. The van der Waals surface area contributed by atoms with Gasteiger partial charge in [0.1, 0.15) is 5.75 Å². The van der Waals surface area contributed by atoms with Gasteiger partial charge in [-0.25, -0.2) is 4.98 Å². The lowest BCUT2D eigenvalue weighted by molar-refractivity contribution is -0.125. The minimum Gasteiger partial charge on any atom is -0.484 e. The van der Waals surface area contributed by atoms with Crippen molar-refractivity contribution in [2.75, 3.05) is 13.7 Å². The van der Waals surface area contributed by atoms with Crippen LogP contribution in [0.5, 0.6) is 11.6 Å². The lowest BCUT2D eigenvalue weighted by atomic mass is 9.75. The number of hydrogen-bond acceptors (Lipinski definition) is 5. The van der Waals surface area contributed by atoms with Crippen molar-refractivity contribution in [2.45, 2.75) is 31.9 Å². The number of nitrogens with one attached hydrogen (secondary N) is 1. The smallest absolute Gasteiger partial charge is 0.258 e. The third-order valence-electron chi connectivity index (χ3n) is 4.66. The van der Waals surface area contributed by atoms with Crippen molar-refractivity contribution in [2.24, 2.45) is 5.92 Å². The minimum absolute atomic E-state index is 0.0571. The Bertz CT molecular complexity index is 724. The fourth-order valence-electron chi connectivity index (χ4n) is 3.07. The maximum atomic E-state index is 12.4. The summed E-state index contributed by atoms with van der Waals surface area (Å²) in [5.74, 6) is 1.17. The number of hydrogen-bond donors (Lipinski definition) is 2. The Balaban J connectivity index is 1.62. The Kier molecular flexibility index (Phi) is 5.73. The van der Waals surface area contributed by atoms with E-state index >= 15 is 0 Å². The van der Waals surface area contributed by atoms with Crippen LogP contribution in [0.25, 0.3) is 0 Å². The van der Waals surface area contributed by atoms with E-state index in [2.05, 4.69) is 10.3 Å². The van der Waals surface area contributed by atoms with E-state index in [1.807, 2.05) is 37.3 Å². The van der Waals surface area contributed by atoms with Crippen LogP contribution in [0.4, 0.5) is 0 Å². The number of rotatable bonds is 7.